The summed E-state index contributed by atoms with van der Waals surface area (Å²) in [5.74, 6) is -3.82. The molecule has 0 N–H and O–H groups in total. The van der Waals surface area contributed by atoms with E-state index in [2.05, 4.69) is 89.5 Å². The van der Waals surface area contributed by atoms with Gasteiger partial charge < -0.3 is 0 Å². The highest BCUT2D eigenvalue weighted by atomic mass is 32.1. The minimum Gasteiger partial charge on any atom is -0.289 e. The highest BCUT2D eigenvalue weighted by molar-refractivity contribution is 7.19. The molecule has 79 heavy (non-hydrogen) atoms. The molecule has 0 amide bonds. The topological polar surface area (TPSA) is 34.1 Å². The lowest BCUT2D eigenvalue weighted by Gasteiger charge is -2.26. The number of ketones is 2. The van der Waals surface area contributed by atoms with Gasteiger partial charge in [-0.3, -0.25) is 9.59 Å². The summed E-state index contributed by atoms with van der Waals surface area (Å²) >= 11 is 2.08. The number of rotatable bonds is 6. The molecular weight excluding hydrogens is 1040 g/mol. The Kier molecular flexibility index (Phi) is 14.1. The van der Waals surface area contributed by atoms with Gasteiger partial charge in [-0.05, 0) is 184 Å². The SMILES string of the molecule is Cc1cc(C#Cc2ccc3c(C4=C(c5c(C)sc6cc(C#Cc7cc(C)c(C(=O)c8c(C)cc(C(C)(C)C)cc8C)c(C)c7)ccc56)C(F)(F)C(F)(F)C4(F)F)c(C)sc3c2)cc(C)c1C(=O)c1c(C)cc(C(C)(C)C)cc1C. The minimum atomic E-state index is -5.75. The first kappa shape index (κ1) is 56.7. The molecule has 0 bridgehead atoms. The van der Waals surface area contributed by atoms with Gasteiger partial charge in [0.25, 0.3) is 0 Å². The van der Waals surface area contributed by atoms with E-state index in [1.54, 1.807) is 24.3 Å². The van der Waals surface area contributed by atoms with E-state index < -0.39 is 28.9 Å². The minimum absolute atomic E-state index is 0.0673. The molecule has 0 spiro atoms. The van der Waals surface area contributed by atoms with Crippen molar-refractivity contribution in [3.8, 4) is 23.7 Å². The summed E-state index contributed by atoms with van der Waals surface area (Å²) in [6, 6.07) is 25.1. The van der Waals surface area contributed by atoms with E-state index in [0.29, 0.717) is 53.9 Å². The van der Waals surface area contributed by atoms with Gasteiger partial charge in [-0.2, -0.15) is 26.3 Å². The molecule has 1 aliphatic carbocycles. The Labute approximate surface area is 468 Å². The molecule has 0 fully saturated rings. The molecule has 6 aromatic carbocycles. The second kappa shape index (κ2) is 19.7. The van der Waals surface area contributed by atoms with Gasteiger partial charge in [-0.25, -0.2) is 0 Å². The normalized spacial score (nSPS) is 14.9. The van der Waals surface area contributed by atoms with Gasteiger partial charge in [-0.1, -0.05) is 102 Å². The molecule has 8 aromatic rings. The fourth-order valence-corrected chi connectivity index (χ4v) is 13.7. The van der Waals surface area contributed by atoms with E-state index in [1.165, 1.54) is 26.0 Å². The number of alkyl halides is 6. The largest absolute Gasteiger partial charge is 0.380 e. The molecule has 9 rings (SSSR count). The molecule has 0 radical (unpaired) electrons. The number of hydrogen-bond acceptors (Lipinski definition) is 4. The summed E-state index contributed by atoms with van der Waals surface area (Å²) in [4.78, 5) is 28.5. The van der Waals surface area contributed by atoms with E-state index in [1.807, 2.05) is 79.7 Å². The van der Waals surface area contributed by atoms with Crippen molar-refractivity contribution in [2.24, 2.45) is 0 Å². The van der Waals surface area contributed by atoms with Crippen LogP contribution in [0.2, 0.25) is 0 Å². The molecule has 1 aliphatic rings. The predicted octanol–water partition coefficient (Wildman–Crippen LogP) is 18.9. The lowest BCUT2D eigenvalue weighted by Crippen LogP contribution is -2.48. The molecule has 2 aromatic heterocycles. The van der Waals surface area contributed by atoms with Gasteiger partial charge in [0, 0.05) is 96.7 Å². The Balaban J connectivity index is 1.05. The molecular formula is C69H62F6O2S2. The maximum atomic E-state index is 16.5. The van der Waals surface area contributed by atoms with Crippen molar-refractivity contribution in [3.05, 3.63) is 206 Å². The standard InChI is InChI=1S/C69H62F6O2S2/c1-35-25-47(26-36(2)55(35)63(76)57-39(5)29-49(30-40(57)6)65(11,12)13)19-17-45-21-23-51-53(33-45)78-43(9)59(51)61-62(68(72,73)69(74,75)67(61,70)71)60-44(10)79-54-34-46(22-24-52(54)60)18-20-48-27-37(3)56(38(4)28-48)64(77)58-41(7)31-50(32-42(58)8)66(14,15)16/h21-34H,1-16H3. The third-order valence-electron chi connectivity index (χ3n) is 15.4. The summed E-state index contributed by atoms with van der Waals surface area (Å²) in [5, 5.41) is 0.254. The van der Waals surface area contributed by atoms with Crippen LogP contribution in [0.25, 0.3) is 31.3 Å². The van der Waals surface area contributed by atoms with Crippen LogP contribution in [-0.2, 0) is 10.8 Å². The van der Waals surface area contributed by atoms with Crippen molar-refractivity contribution in [2.45, 2.75) is 139 Å². The van der Waals surface area contributed by atoms with Crippen LogP contribution in [0.3, 0.4) is 0 Å². The summed E-state index contributed by atoms with van der Waals surface area (Å²) in [7, 11) is 0. The zero-order valence-corrected chi connectivity index (χ0v) is 49.1. The van der Waals surface area contributed by atoms with E-state index in [-0.39, 0.29) is 54.1 Å². The van der Waals surface area contributed by atoms with Crippen molar-refractivity contribution in [1.29, 1.82) is 0 Å². The molecule has 0 unspecified atom stereocenters. The first-order valence-electron chi connectivity index (χ1n) is 26.2. The van der Waals surface area contributed by atoms with E-state index >= 15 is 26.3 Å². The van der Waals surface area contributed by atoms with Crippen LogP contribution in [0.4, 0.5) is 26.3 Å². The fraction of sp³-hybridized carbons (Fsp3) is 0.304. The monoisotopic (exact) mass is 1100 g/mol. The second-order valence-corrected chi connectivity index (χ2v) is 26.1. The van der Waals surface area contributed by atoms with E-state index in [4.69, 9.17) is 0 Å². The quantitative estimate of drug-likeness (QED) is 0.0945. The van der Waals surface area contributed by atoms with Crippen LogP contribution in [0.5, 0.6) is 0 Å². The van der Waals surface area contributed by atoms with Gasteiger partial charge in [-0.15, -0.1) is 22.7 Å². The molecule has 2 heterocycles. The zero-order chi connectivity index (χ0) is 58.0. The summed E-state index contributed by atoms with van der Waals surface area (Å²) < 4.78 is 98.7. The van der Waals surface area contributed by atoms with Gasteiger partial charge in [0.15, 0.2) is 11.6 Å². The number of hydrogen-bond donors (Lipinski definition) is 0. The summed E-state index contributed by atoms with van der Waals surface area (Å²) in [5.41, 5.74) is 10.1. The van der Waals surface area contributed by atoms with Gasteiger partial charge in [0.2, 0.25) is 0 Å². The smallest absolute Gasteiger partial charge is 0.289 e. The van der Waals surface area contributed by atoms with Crippen molar-refractivity contribution < 1.29 is 35.9 Å². The molecule has 0 aliphatic heterocycles. The summed E-state index contributed by atoms with van der Waals surface area (Å²) in [6.45, 7) is 31.1. The maximum Gasteiger partial charge on any atom is 0.380 e. The average Bonchev–Trinajstić information content (AvgIpc) is 2.69. The number of aryl methyl sites for hydroxylation is 10. The molecule has 2 nitrogen and oxygen atoms in total. The fourth-order valence-electron chi connectivity index (χ4n) is 11.4. The Morgan fingerprint density at radius 2 is 0.658 bits per heavy atom. The molecule has 0 saturated carbocycles. The highest BCUT2D eigenvalue weighted by Gasteiger charge is 2.80. The zero-order valence-electron chi connectivity index (χ0n) is 47.5. The van der Waals surface area contributed by atoms with Crippen LogP contribution in [0.15, 0.2) is 84.9 Å². The third-order valence-corrected chi connectivity index (χ3v) is 17.5. The lowest BCUT2D eigenvalue weighted by atomic mass is 9.82. The average molecular weight is 1100 g/mol. The predicted molar refractivity (Wildman–Crippen MR) is 315 cm³/mol. The van der Waals surface area contributed by atoms with Crippen LogP contribution < -0.4 is 0 Å². The van der Waals surface area contributed by atoms with Crippen molar-refractivity contribution >= 4 is 65.6 Å². The Morgan fingerprint density at radius 1 is 0.392 bits per heavy atom. The van der Waals surface area contributed by atoms with Gasteiger partial charge in [0.05, 0.1) is 0 Å². The number of fused-ring (bicyclic) bond motifs is 2. The van der Waals surface area contributed by atoms with Gasteiger partial charge in [0.1, 0.15) is 0 Å². The van der Waals surface area contributed by atoms with Crippen LogP contribution in [-0.4, -0.2) is 29.3 Å². The molecule has 404 valence electrons. The molecule has 0 atom stereocenters. The lowest BCUT2D eigenvalue weighted by molar-refractivity contribution is -0.254. The van der Waals surface area contributed by atoms with Crippen molar-refractivity contribution in [2.75, 3.05) is 0 Å². The number of benzene rings is 6. The number of halogens is 6. The number of carbonyl (C=O) groups excluding carboxylic acids is 2. The van der Waals surface area contributed by atoms with Gasteiger partial charge >= 0.3 is 17.8 Å². The summed E-state index contributed by atoms with van der Waals surface area (Å²) in [6.07, 6.45) is 0. The number of allylic oxidation sites excluding steroid dienone is 2. The Bertz CT molecular complexity index is 3760. The van der Waals surface area contributed by atoms with Crippen molar-refractivity contribution in [1.82, 2.24) is 0 Å². The first-order valence-corrected chi connectivity index (χ1v) is 27.8. The Hall–Kier alpha value is -6.98. The van der Waals surface area contributed by atoms with Crippen LogP contribution in [0, 0.1) is 92.9 Å². The highest BCUT2D eigenvalue weighted by Crippen LogP contribution is 2.67. The van der Waals surface area contributed by atoms with E-state index in [9.17, 15) is 9.59 Å². The third kappa shape index (κ3) is 9.67. The van der Waals surface area contributed by atoms with E-state index in [0.717, 1.165) is 78.3 Å². The molecule has 0 saturated heterocycles. The maximum absolute atomic E-state index is 16.5. The molecule has 10 heteroatoms. The second-order valence-electron chi connectivity index (χ2n) is 23.6. The van der Waals surface area contributed by atoms with Crippen LogP contribution >= 0.6 is 22.7 Å². The first-order chi connectivity index (χ1) is 36.6. The van der Waals surface area contributed by atoms with Crippen molar-refractivity contribution in [3.63, 3.8) is 0 Å². The Morgan fingerprint density at radius 3 is 0.937 bits per heavy atom. The van der Waals surface area contributed by atoms with Crippen LogP contribution in [0.1, 0.15) is 172 Å². The number of thiophene rings is 2. The number of carbonyl (C=O) groups is 2.